The van der Waals surface area contributed by atoms with Gasteiger partial charge in [0.15, 0.2) is 6.61 Å². The van der Waals surface area contributed by atoms with Gasteiger partial charge in [-0.2, -0.15) is 5.10 Å². The van der Waals surface area contributed by atoms with Gasteiger partial charge in [0.25, 0.3) is 5.91 Å². The van der Waals surface area contributed by atoms with Crippen molar-refractivity contribution in [1.82, 2.24) is 5.43 Å². The van der Waals surface area contributed by atoms with Crippen LogP contribution in [0.25, 0.3) is 10.8 Å². The maximum Gasteiger partial charge on any atom is 0.277 e. The van der Waals surface area contributed by atoms with Gasteiger partial charge in [0, 0.05) is 9.75 Å². The molecule has 1 aromatic heterocycles. The first kappa shape index (κ1) is 16.7. The molecule has 0 aliphatic carbocycles. The molecule has 4 nitrogen and oxygen atoms in total. The third-order valence-corrected chi connectivity index (χ3v) is 5.08. The molecule has 0 bridgehead atoms. The van der Waals surface area contributed by atoms with Gasteiger partial charge >= 0.3 is 0 Å². The monoisotopic (exact) mass is 402 g/mol. The Bertz CT molecular complexity index is 905. The van der Waals surface area contributed by atoms with Crippen LogP contribution in [0.1, 0.15) is 9.75 Å². The molecule has 3 aromatic rings. The number of ether oxygens (including phenoxy) is 1. The molecule has 122 valence electrons. The van der Waals surface area contributed by atoms with Gasteiger partial charge in [-0.1, -0.05) is 30.3 Å². The third kappa shape index (κ3) is 4.01. The van der Waals surface area contributed by atoms with Crippen LogP contribution in [0, 0.1) is 6.92 Å². The number of nitrogens with one attached hydrogen (secondary N) is 1. The number of carbonyl (C=O) groups excluding carboxylic acids is 1. The molecule has 0 fully saturated rings. The molecule has 24 heavy (non-hydrogen) atoms. The Morgan fingerprint density at radius 2 is 2.08 bits per heavy atom. The molecule has 2 aromatic carbocycles. The highest BCUT2D eigenvalue weighted by Gasteiger charge is 2.08. The maximum atomic E-state index is 11.8. The Morgan fingerprint density at radius 3 is 2.88 bits per heavy atom. The fourth-order valence-corrected chi connectivity index (χ4v) is 3.55. The summed E-state index contributed by atoms with van der Waals surface area (Å²) in [6.45, 7) is 1.92. The molecule has 0 atom stereocenters. The second-order valence-corrected chi connectivity index (χ2v) is 7.24. The molecule has 1 heterocycles. The maximum absolute atomic E-state index is 11.8. The molecule has 0 saturated carbocycles. The predicted molar refractivity (Wildman–Crippen MR) is 102 cm³/mol. The van der Waals surface area contributed by atoms with Crippen LogP contribution in [0.5, 0.6) is 5.75 Å². The lowest BCUT2D eigenvalue weighted by Gasteiger charge is -2.09. The summed E-state index contributed by atoms with van der Waals surface area (Å²) in [5.41, 5.74) is 2.46. The lowest BCUT2D eigenvalue weighted by Crippen LogP contribution is -2.24. The number of aryl methyl sites for hydroxylation is 1. The molecule has 1 amide bonds. The first-order valence-electron chi connectivity index (χ1n) is 7.32. The number of hydrogen-bond donors (Lipinski definition) is 1. The Labute approximate surface area is 152 Å². The normalized spacial score (nSPS) is 11.1. The van der Waals surface area contributed by atoms with Crippen molar-refractivity contribution in [2.45, 2.75) is 6.92 Å². The Kier molecular flexibility index (Phi) is 5.27. The van der Waals surface area contributed by atoms with E-state index in [4.69, 9.17) is 4.74 Å². The second-order valence-electron chi connectivity index (χ2n) is 5.13. The molecule has 0 unspecified atom stereocenters. The van der Waals surface area contributed by atoms with E-state index in [9.17, 15) is 4.79 Å². The number of carbonyl (C=O) groups is 1. The second kappa shape index (κ2) is 7.59. The van der Waals surface area contributed by atoms with Crippen molar-refractivity contribution < 1.29 is 9.53 Å². The van der Waals surface area contributed by atoms with Crippen LogP contribution < -0.4 is 10.2 Å². The number of hydrazone groups is 1. The van der Waals surface area contributed by atoms with Crippen LogP contribution in [0.2, 0.25) is 0 Å². The van der Waals surface area contributed by atoms with E-state index in [-0.39, 0.29) is 12.5 Å². The summed E-state index contributed by atoms with van der Waals surface area (Å²) in [5, 5.41) is 6.09. The van der Waals surface area contributed by atoms with Crippen LogP contribution in [0.3, 0.4) is 0 Å². The third-order valence-electron chi connectivity index (χ3n) is 3.33. The standard InChI is InChI=1S/C18H15BrN2O2S/c1-12-6-8-14(24-12)10-20-21-17(22)11-23-16-9-7-13-4-2-3-5-15(13)18(16)19/h2-10H,11H2,1H3,(H,21,22). The number of halogens is 1. The number of amides is 1. The van der Waals surface area contributed by atoms with Crippen LogP contribution >= 0.6 is 27.3 Å². The number of fused-ring (bicyclic) bond motifs is 1. The first-order chi connectivity index (χ1) is 11.6. The zero-order valence-electron chi connectivity index (χ0n) is 13.0. The molecule has 6 heteroatoms. The molecule has 0 aliphatic heterocycles. The SMILES string of the molecule is Cc1ccc(C=NNC(=O)COc2ccc3ccccc3c2Br)s1. The average molecular weight is 403 g/mol. The van der Waals surface area contributed by atoms with E-state index in [0.29, 0.717) is 5.75 Å². The van der Waals surface area contributed by atoms with Crippen LogP contribution in [-0.2, 0) is 4.79 Å². The molecular weight excluding hydrogens is 388 g/mol. The lowest BCUT2D eigenvalue weighted by atomic mass is 10.1. The molecule has 0 radical (unpaired) electrons. The number of hydrogen-bond acceptors (Lipinski definition) is 4. The largest absolute Gasteiger partial charge is 0.483 e. The number of benzene rings is 2. The summed E-state index contributed by atoms with van der Waals surface area (Å²) >= 11 is 5.15. The minimum absolute atomic E-state index is 0.0995. The molecule has 0 aliphatic rings. The highest BCUT2D eigenvalue weighted by atomic mass is 79.9. The highest BCUT2D eigenvalue weighted by Crippen LogP contribution is 2.32. The molecule has 0 spiro atoms. The minimum Gasteiger partial charge on any atom is -0.483 e. The van der Waals surface area contributed by atoms with Gasteiger partial charge in [-0.3, -0.25) is 4.79 Å². The van der Waals surface area contributed by atoms with Crippen molar-refractivity contribution in [2.24, 2.45) is 5.10 Å². The summed E-state index contributed by atoms with van der Waals surface area (Å²) in [4.78, 5) is 14.0. The summed E-state index contributed by atoms with van der Waals surface area (Å²) in [6.07, 6.45) is 1.63. The van der Waals surface area contributed by atoms with E-state index in [1.54, 1.807) is 17.6 Å². The average Bonchev–Trinajstić information content (AvgIpc) is 3.00. The summed E-state index contributed by atoms with van der Waals surface area (Å²) < 4.78 is 6.42. The number of nitrogens with zero attached hydrogens (tertiary/aromatic N) is 1. The molecule has 0 saturated heterocycles. The molecule has 3 rings (SSSR count). The van der Waals surface area contributed by atoms with Gasteiger partial charge in [0.05, 0.1) is 10.7 Å². The Balaban J connectivity index is 1.58. The van der Waals surface area contributed by atoms with Gasteiger partial charge in [-0.05, 0) is 51.8 Å². The van der Waals surface area contributed by atoms with Crippen molar-refractivity contribution in [3.63, 3.8) is 0 Å². The van der Waals surface area contributed by atoms with Gasteiger partial charge < -0.3 is 4.74 Å². The summed E-state index contributed by atoms with van der Waals surface area (Å²) in [5.74, 6) is 0.321. The predicted octanol–water partition coefficient (Wildman–Crippen LogP) is 4.50. The van der Waals surface area contributed by atoms with E-state index < -0.39 is 0 Å². The van der Waals surface area contributed by atoms with E-state index in [2.05, 4.69) is 26.5 Å². The zero-order chi connectivity index (χ0) is 16.9. The van der Waals surface area contributed by atoms with Crippen molar-refractivity contribution in [2.75, 3.05) is 6.61 Å². The van der Waals surface area contributed by atoms with Crippen molar-refractivity contribution in [3.8, 4) is 5.75 Å². The van der Waals surface area contributed by atoms with Crippen molar-refractivity contribution in [3.05, 3.63) is 62.8 Å². The van der Waals surface area contributed by atoms with Gasteiger partial charge in [-0.25, -0.2) is 5.43 Å². The topological polar surface area (TPSA) is 50.7 Å². The zero-order valence-corrected chi connectivity index (χ0v) is 15.4. The van der Waals surface area contributed by atoms with E-state index >= 15 is 0 Å². The fourth-order valence-electron chi connectivity index (χ4n) is 2.19. The van der Waals surface area contributed by atoms with Crippen LogP contribution in [-0.4, -0.2) is 18.7 Å². The van der Waals surface area contributed by atoms with Crippen molar-refractivity contribution in [1.29, 1.82) is 0 Å². The smallest absolute Gasteiger partial charge is 0.277 e. The Hall–Kier alpha value is -2.18. The quantitative estimate of drug-likeness (QED) is 0.504. The van der Waals surface area contributed by atoms with E-state index in [1.165, 1.54) is 4.88 Å². The lowest BCUT2D eigenvalue weighted by molar-refractivity contribution is -0.123. The van der Waals surface area contributed by atoms with Crippen molar-refractivity contribution >= 4 is 50.2 Å². The van der Waals surface area contributed by atoms with Gasteiger partial charge in [-0.15, -0.1) is 11.3 Å². The number of rotatable bonds is 5. The summed E-state index contributed by atoms with van der Waals surface area (Å²) in [7, 11) is 0. The van der Waals surface area contributed by atoms with E-state index in [1.807, 2.05) is 55.5 Å². The minimum atomic E-state index is -0.306. The molecule has 1 N–H and O–H groups in total. The highest BCUT2D eigenvalue weighted by molar-refractivity contribution is 9.10. The van der Waals surface area contributed by atoms with Gasteiger partial charge in [0.2, 0.25) is 0 Å². The van der Waals surface area contributed by atoms with E-state index in [0.717, 1.165) is 20.1 Å². The fraction of sp³-hybridized carbons (Fsp3) is 0.111. The molecular formula is C18H15BrN2O2S. The number of thiophene rings is 1. The Morgan fingerprint density at radius 1 is 1.25 bits per heavy atom. The van der Waals surface area contributed by atoms with Crippen LogP contribution in [0.4, 0.5) is 0 Å². The summed E-state index contributed by atoms with van der Waals surface area (Å²) in [6, 6.07) is 15.7. The van der Waals surface area contributed by atoms with Gasteiger partial charge in [0.1, 0.15) is 5.75 Å². The van der Waals surface area contributed by atoms with Crippen LogP contribution in [0.15, 0.2) is 58.1 Å². The first-order valence-corrected chi connectivity index (χ1v) is 8.93.